The molecule has 0 amide bonds. The van der Waals surface area contributed by atoms with E-state index in [0.29, 0.717) is 11.6 Å². The maximum absolute atomic E-state index is 11.0. The van der Waals surface area contributed by atoms with Crippen LogP contribution < -0.4 is 11.1 Å². The fourth-order valence-electron chi connectivity index (χ4n) is 2.60. The van der Waals surface area contributed by atoms with Crippen molar-refractivity contribution in [1.82, 2.24) is 4.90 Å². The molecule has 0 saturated carbocycles. The normalized spacial score (nSPS) is 20.2. The number of benzene rings is 1. The molecular weight excluding hydrogens is 244 g/mol. The average molecular weight is 264 g/mol. The first-order valence-electron chi connectivity index (χ1n) is 6.53. The van der Waals surface area contributed by atoms with Crippen molar-refractivity contribution < 1.29 is 4.92 Å². The molecule has 0 bridgehead atoms. The number of hydrogen-bond donors (Lipinski definition) is 2. The summed E-state index contributed by atoms with van der Waals surface area (Å²) in [5.74, 6) is 0.528. The largest absolute Gasteiger partial charge is 0.393 e. The summed E-state index contributed by atoms with van der Waals surface area (Å²) < 4.78 is 0. The van der Waals surface area contributed by atoms with E-state index >= 15 is 0 Å². The molecule has 0 aromatic heterocycles. The number of para-hydroxylation sites is 1. The average Bonchev–Trinajstić information content (AvgIpc) is 2.36. The highest BCUT2D eigenvalue weighted by molar-refractivity contribution is 5.74. The maximum atomic E-state index is 11.0. The number of likely N-dealkylation sites (tertiary alicyclic amines) is 1. The smallest absolute Gasteiger partial charge is 0.314 e. The van der Waals surface area contributed by atoms with Crippen molar-refractivity contribution in [2.45, 2.75) is 12.8 Å². The second-order valence-corrected chi connectivity index (χ2v) is 5.15. The van der Waals surface area contributed by atoms with Crippen molar-refractivity contribution in [3.8, 4) is 0 Å². The van der Waals surface area contributed by atoms with Gasteiger partial charge >= 0.3 is 5.69 Å². The van der Waals surface area contributed by atoms with Crippen molar-refractivity contribution in [2.75, 3.05) is 37.7 Å². The number of anilines is 2. The van der Waals surface area contributed by atoms with E-state index in [1.807, 2.05) is 0 Å². The number of hydrogen-bond acceptors (Lipinski definition) is 5. The zero-order valence-electron chi connectivity index (χ0n) is 11.1. The van der Waals surface area contributed by atoms with E-state index in [2.05, 4.69) is 17.3 Å². The summed E-state index contributed by atoms with van der Waals surface area (Å²) in [6.45, 7) is 2.91. The van der Waals surface area contributed by atoms with Crippen LogP contribution >= 0.6 is 0 Å². The minimum absolute atomic E-state index is 0.0216. The van der Waals surface area contributed by atoms with Gasteiger partial charge in [-0.1, -0.05) is 6.07 Å². The van der Waals surface area contributed by atoms with E-state index in [1.54, 1.807) is 18.2 Å². The van der Waals surface area contributed by atoms with Gasteiger partial charge in [-0.2, -0.15) is 0 Å². The molecule has 104 valence electrons. The van der Waals surface area contributed by atoms with Gasteiger partial charge in [-0.25, -0.2) is 0 Å². The van der Waals surface area contributed by atoms with E-state index in [0.717, 1.165) is 26.1 Å². The Morgan fingerprint density at radius 1 is 1.58 bits per heavy atom. The number of rotatable bonds is 4. The quantitative estimate of drug-likeness (QED) is 0.493. The molecule has 0 radical (unpaired) electrons. The summed E-state index contributed by atoms with van der Waals surface area (Å²) in [6, 6.07) is 5.00. The van der Waals surface area contributed by atoms with Crippen LogP contribution in [0.4, 0.5) is 17.1 Å². The van der Waals surface area contributed by atoms with E-state index in [1.165, 1.54) is 6.42 Å². The molecule has 1 aromatic carbocycles. The van der Waals surface area contributed by atoms with Crippen molar-refractivity contribution in [2.24, 2.45) is 5.92 Å². The number of nitrogens with zero attached hydrogens (tertiary/aromatic N) is 2. The highest BCUT2D eigenvalue weighted by Crippen LogP contribution is 2.30. The first-order valence-corrected chi connectivity index (χ1v) is 6.53. The topological polar surface area (TPSA) is 84.4 Å². The third-order valence-electron chi connectivity index (χ3n) is 3.55. The lowest BCUT2D eigenvalue weighted by atomic mass is 9.98. The fourth-order valence-corrected chi connectivity index (χ4v) is 2.60. The molecule has 3 N–H and O–H groups in total. The maximum Gasteiger partial charge on any atom is 0.314 e. The zero-order chi connectivity index (χ0) is 13.8. The molecule has 1 aliphatic rings. The zero-order valence-corrected chi connectivity index (χ0v) is 11.1. The Balaban J connectivity index is 2.03. The Labute approximate surface area is 112 Å². The van der Waals surface area contributed by atoms with Gasteiger partial charge in [0.1, 0.15) is 11.4 Å². The lowest BCUT2D eigenvalue weighted by Gasteiger charge is -2.29. The summed E-state index contributed by atoms with van der Waals surface area (Å²) in [6.07, 6.45) is 2.34. The molecule has 1 aromatic rings. The molecule has 1 saturated heterocycles. The third-order valence-corrected chi connectivity index (χ3v) is 3.55. The molecule has 2 rings (SSSR count). The van der Waals surface area contributed by atoms with Crippen molar-refractivity contribution in [1.29, 1.82) is 0 Å². The van der Waals surface area contributed by atoms with Gasteiger partial charge in [0.2, 0.25) is 0 Å². The first kappa shape index (κ1) is 13.6. The summed E-state index contributed by atoms with van der Waals surface area (Å²) in [7, 11) is 2.11. The molecule has 1 fully saturated rings. The van der Waals surface area contributed by atoms with Crippen LogP contribution in [0.1, 0.15) is 12.8 Å². The van der Waals surface area contributed by atoms with Gasteiger partial charge < -0.3 is 16.0 Å². The van der Waals surface area contributed by atoms with Crippen LogP contribution in [-0.2, 0) is 0 Å². The van der Waals surface area contributed by atoms with Crippen LogP contribution in [0.2, 0.25) is 0 Å². The molecular formula is C13H20N4O2. The Hall–Kier alpha value is -1.82. The predicted octanol–water partition coefficient (Wildman–Crippen LogP) is 1.93. The van der Waals surface area contributed by atoms with Gasteiger partial charge in [-0.3, -0.25) is 10.1 Å². The Morgan fingerprint density at radius 3 is 3.05 bits per heavy atom. The summed E-state index contributed by atoms with van der Waals surface area (Å²) in [5.41, 5.74) is 6.36. The lowest BCUT2D eigenvalue weighted by Crippen LogP contribution is -2.35. The van der Waals surface area contributed by atoms with Gasteiger partial charge in [0.25, 0.3) is 0 Å². The first-order chi connectivity index (χ1) is 9.08. The van der Waals surface area contributed by atoms with Crippen molar-refractivity contribution in [3.05, 3.63) is 28.3 Å². The van der Waals surface area contributed by atoms with Gasteiger partial charge in [0.15, 0.2) is 0 Å². The fraction of sp³-hybridized carbons (Fsp3) is 0.538. The number of nitrogens with two attached hydrogens (primary N) is 1. The molecule has 0 spiro atoms. The summed E-state index contributed by atoms with van der Waals surface area (Å²) in [4.78, 5) is 12.9. The van der Waals surface area contributed by atoms with Crippen LogP contribution in [0.3, 0.4) is 0 Å². The molecule has 0 aliphatic carbocycles. The predicted molar refractivity (Wildman–Crippen MR) is 76.2 cm³/mol. The van der Waals surface area contributed by atoms with E-state index in [4.69, 9.17) is 5.73 Å². The Morgan fingerprint density at radius 2 is 2.37 bits per heavy atom. The van der Waals surface area contributed by atoms with Gasteiger partial charge in [0.05, 0.1) is 4.92 Å². The highest BCUT2D eigenvalue weighted by Gasteiger charge is 2.20. The Kier molecular flexibility index (Phi) is 4.21. The van der Waals surface area contributed by atoms with Gasteiger partial charge in [-0.05, 0) is 44.5 Å². The Bertz CT molecular complexity index is 464. The molecule has 19 heavy (non-hydrogen) atoms. The number of nitro groups is 1. The minimum atomic E-state index is -0.426. The van der Waals surface area contributed by atoms with E-state index < -0.39 is 4.92 Å². The number of nitrogen functional groups attached to an aromatic ring is 1. The highest BCUT2D eigenvalue weighted by atomic mass is 16.6. The van der Waals surface area contributed by atoms with Crippen LogP contribution in [0.15, 0.2) is 18.2 Å². The second kappa shape index (κ2) is 5.88. The molecule has 1 aliphatic heterocycles. The number of nitro benzene ring substituents is 1. The van der Waals surface area contributed by atoms with E-state index in [-0.39, 0.29) is 11.4 Å². The van der Waals surface area contributed by atoms with Gasteiger partial charge in [-0.15, -0.1) is 0 Å². The van der Waals surface area contributed by atoms with Gasteiger partial charge in [0, 0.05) is 13.1 Å². The molecule has 1 atom stereocenters. The van der Waals surface area contributed by atoms with E-state index in [9.17, 15) is 10.1 Å². The van der Waals surface area contributed by atoms with Crippen LogP contribution in [0, 0.1) is 16.0 Å². The standard InChI is InChI=1S/C13H20N4O2/c1-16-7-3-4-10(9-16)8-15-12-6-2-5-11(14)13(12)17(18)19/h2,5-6,10,15H,3-4,7-9,14H2,1H3. The van der Waals surface area contributed by atoms with Crippen LogP contribution in [-0.4, -0.2) is 36.5 Å². The number of piperidine rings is 1. The lowest BCUT2D eigenvalue weighted by molar-refractivity contribution is -0.383. The van der Waals surface area contributed by atoms with Crippen molar-refractivity contribution >= 4 is 17.1 Å². The SMILES string of the molecule is CN1CCCC(CNc2cccc(N)c2[N+](=O)[O-])C1. The molecule has 6 nitrogen and oxygen atoms in total. The van der Waals surface area contributed by atoms with Crippen LogP contribution in [0.5, 0.6) is 0 Å². The molecule has 1 unspecified atom stereocenters. The second-order valence-electron chi connectivity index (χ2n) is 5.15. The molecule has 1 heterocycles. The molecule has 6 heteroatoms. The summed E-state index contributed by atoms with van der Waals surface area (Å²) in [5, 5.41) is 14.2. The number of nitrogens with one attached hydrogen (secondary N) is 1. The third kappa shape index (κ3) is 3.35. The minimum Gasteiger partial charge on any atom is -0.393 e. The monoisotopic (exact) mass is 264 g/mol. The summed E-state index contributed by atoms with van der Waals surface area (Å²) >= 11 is 0. The van der Waals surface area contributed by atoms with Crippen molar-refractivity contribution in [3.63, 3.8) is 0 Å². The van der Waals surface area contributed by atoms with Crippen LogP contribution in [0.25, 0.3) is 0 Å².